The van der Waals surface area contributed by atoms with Crippen LogP contribution in [0.5, 0.6) is 5.75 Å². The number of nitrogens with zero attached hydrogens (tertiary/aromatic N) is 5. The summed E-state index contributed by atoms with van der Waals surface area (Å²) < 4.78 is 31.7. The topological polar surface area (TPSA) is 123 Å². The predicted molar refractivity (Wildman–Crippen MR) is 139 cm³/mol. The normalized spacial score (nSPS) is 19.6. The summed E-state index contributed by atoms with van der Waals surface area (Å²) in [5.74, 6) is -0.0839. The van der Waals surface area contributed by atoms with E-state index in [1.54, 1.807) is 18.3 Å². The Morgan fingerprint density at radius 1 is 1.16 bits per heavy atom. The van der Waals surface area contributed by atoms with Crippen molar-refractivity contribution < 1.29 is 23.4 Å². The minimum atomic E-state index is -2.77. The summed E-state index contributed by atoms with van der Waals surface area (Å²) in [4.78, 5) is 35.5. The first-order valence-electron chi connectivity index (χ1n) is 11.8. The molecule has 38 heavy (non-hydrogen) atoms. The number of halogens is 3. The van der Waals surface area contributed by atoms with Gasteiger partial charge in [-0.15, -0.1) is 0 Å². The maximum Gasteiger partial charge on any atom is 0.266 e. The van der Waals surface area contributed by atoms with Gasteiger partial charge in [-0.05, 0) is 44.7 Å². The van der Waals surface area contributed by atoms with Gasteiger partial charge in [0.2, 0.25) is 0 Å². The highest BCUT2D eigenvalue weighted by Gasteiger charge is 2.41. The zero-order valence-electron chi connectivity index (χ0n) is 20.4. The maximum absolute atomic E-state index is 13.3. The van der Waals surface area contributed by atoms with Crippen molar-refractivity contribution in [3.63, 3.8) is 0 Å². The molecule has 0 unspecified atom stereocenters. The molecule has 9 nitrogen and oxygen atoms in total. The molecule has 1 amide bonds. The number of hydrogen-bond acceptors (Lipinski definition) is 9. The number of pyridine rings is 2. The summed E-state index contributed by atoms with van der Waals surface area (Å²) >= 11 is 7.27. The lowest BCUT2D eigenvalue weighted by Gasteiger charge is -2.34. The van der Waals surface area contributed by atoms with Crippen LogP contribution in [0.1, 0.15) is 53.3 Å². The largest absolute Gasteiger partial charge is 0.494 e. The van der Waals surface area contributed by atoms with Crippen LogP contribution in [0.2, 0.25) is 5.15 Å². The highest BCUT2D eigenvalue weighted by atomic mass is 35.5. The number of amides is 1. The van der Waals surface area contributed by atoms with Gasteiger partial charge in [-0.25, -0.2) is 23.7 Å². The van der Waals surface area contributed by atoms with Crippen LogP contribution in [0, 0.1) is 6.92 Å². The molecule has 4 aromatic heterocycles. The molecule has 1 aliphatic rings. The highest BCUT2D eigenvalue weighted by molar-refractivity contribution is 7.21. The summed E-state index contributed by atoms with van der Waals surface area (Å²) in [7, 11) is 1.50. The average molecular weight is 561 g/mol. The van der Waals surface area contributed by atoms with E-state index in [1.165, 1.54) is 19.5 Å². The number of aromatic nitrogens is 5. The molecule has 0 bridgehead atoms. The van der Waals surface area contributed by atoms with Crippen molar-refractivity contribution >= 4 is 44.5 Å². The van der Waals surface area contributed by atoms with E-state index in [1.807, 2.05) is 6.92 Å². The van der Waals surface area contributed by atoms with Crippen molar-refractivity contribution in [1.82, 2.24) is 24.9 Å². The Labute approximate surface area is 225 Å². The molecule has 0 spiro atoms. The lowest BCUT2D eigenvalue weighted by molar-refractivity contribution is -0.118. The van der Waals surface area contributed by atoms with Crippen LogP contribution in [0.3, 0.4) is 0 Å². The van der Waals surface area contributed by atoms with E-state index in [0.717, 1.165) is 11.3 Å². The number of aryl methyl sites for hydroxylation is 1. The molecule has 0 aromatic carbocycles. The molecule has 4 aromatic rings. The summed E-state index contributed by atoms with van der Waals surface area (Å²) in [6.45, 7) is 1.81. The average Bonchev–Trinajstić information content (AvgIpc) is 3.30. The Morgan fingerprint density at radius 3 is 2.63 bits per heavy atom. The summed E-state index contributed by atoms with van der Waals surface area (Å²) in [5, 5.41) is 13.4. The molecule has 1 fully saturated rings. The van der Waals surface area contributed by atoms with E-state index in [9.17, 15) is 18.7 Å². The standard InChI is InChI=1S/C25H23ClF2N6O3S/c1-12-7-14(15-8-19(26)30-11-18(15)37-2)16(9-29-12)21(35)34-24-33-20-22(38-24)32-17(10-31-20)13-3-5-25(36,6-4-13)23(27)28/h7-11,13,23,36H,3-6H2,1-2H3,(H,31,33,34,35). The number of hydrogen-bond donors (Lipinski definition) is 2. The van der Waals surface area contributed by atoms with Crippen LogP contribution >= 0.6 is 22.9 Å². The van der Waals surface area contributed by atoms with Gasteiger partial charge < -0.3 is 9.84 Å². The van der Waals surface area contributed by atoms with Crippen LogP contribution in [-0.4, -0.2) is 55.1 Å². The van der Waals surface area contributed by atoms with E-state index in [4.69, 9.17) is 16.3 Å². The van der Waals surface area contributed by atoms with E-state index < -0.39 is 17.9 Å². The number of alkyl halides is 2. The van der Waals surface area contributed by atoms with Crippen LogP contribution in [0.15, 0.2) is 30.7 Å². The fourth-order valence-electron chi connectivity index (χ4n) is 4.53. The van der Waals surface area contributed by atoms with Gasteiger partial charge in [0.1, 0.15) is 16.5 Å². The predicted octanol–water partition coefficient (Wildman–Crippen LogP) is 5.42. The van der Waals surface area contributed by atoms with E-state index >= 15 is 0 Å². The van der Waals surface area contributed by atoms with Crippen LogP contribution in [-0.2, 0) is 0 Å². The number of rotatable bonds is 6. The fourth-order valence-corrected chi connectivity index (χ4v) is 5.49. The minimum absolute atomic E-state index is 0.000554. The van der Waals surface area contributed by atoms with Crippen molar-refractivity contribution in [1.29, 1.82) is 0 Å². The Hall–Kier alpha value is -3.35. The third kappa shape index (κ3) is 5.16. The Balaban J connectivity index is 1.39. The number of anilines is 1. The molecule has 0 saturated heterocycles. The van der Waals surface area contributed by atoms with Gasteiger partial charge in [0, 0.05) is 28.9 Å². The van der Waals surface area contributed by atoms with Gasteiger partial charge in [-0.3, -0.25) is 15.1 Å². The Bertz CT molecular complexity index is 1510. The van der Waals surface area contributed by atoms with Crippen LogP contribution in [0.4, 0.5) is 13.9 Å². The highest BCUT2D eigenvalue weighted by Crippen LogP contribution is 2.41. The van der Waals surface area contributed by atoms with E-state index in [-0.39, 0.29) is 29.5 Å². The number of ether oxygens (including phenoxy) is 1. The molecule has 0 aliphatic heterocycles. The molecule has 1 saturated carbocycles. The number of aliphatic hydroxyl groups is 1. The van der Waals surface area contributed by atoms with Gasteiger partial charge in [-0.2, -0.15) is 4.98 Å². The van der Waals surface area contributed by atoms with Gasteiger partial charge in [0.25, 0.3) is 12.3 Å². The summed E-state index contributed by atoms with van der Waals surface area (Å²) in [6, 6.07) is 3.38. The summed E-state index contributed by atoms with van der Waals surface area (Å²) in [5.41, 5.74) is 1.21. The number of methoxy groups -OCH3 is 1. The molecule has 1 aliphatic carbocycles. The third-order valence-corrected chi connectivity index (χ3v) is 7.73. The second-order valence-corrected chi connectivity index (χ2v) is 10.5. The zero-order chi connectivity index (χ0) is 27.0. The molecule has 0 atom stereocenters. The Kier molecular flexibility index (Phi) is 7.21. The number of thiazole rings is 1. The van der Waals surface area contributed by atoms with Crippen molar-refractivity contribution in [2.45, 2.75) is 50.6 Å². The lowest BCUT2D eigenvalue weighted by Crippen LogP contribution is -2.40. The third-order valence-electron chi connectivity index (χ3n) is 6.67. The van der Waals surface area contributed by atoms with Crippen molar-refractivity contribution in [2.75, 3.05) is 12.4 Å². The molecule has 0 radical (unpaired) electrons. The molecule has 4 heterocycles. The van der Waals surface area contributed by atoms with E-state index in [2.05, 4.69) is 30.2 Å². The molecule has 13 heteroatoms. The maximum atomic E-state index is 13.3. The van der Waals surface area contributed by atoms with Crippen molar-refractivity contribution in [2.24, 2.45) is 0 Å². The zero-order valence-corrected chi connectivity index (χ0v) is 22.0. The molecule has 2 N–H and O–H groups in total. The van der Waals surface area contributed by atoms with Crippen LogP contribution in [0.25, 0.3) is 21.6 Å². The SMILES string of the molecule is COc1cnc(Cl)cc1-c1cc(C)ncc1C(=O)Nc1nc2ncc(C3CCC(O)(C(F)F)CC3)nc2s1. The Morgan fingerprint density at radius 2 is 1.92 bits per heavy atom. The molecular weight excluding hydrogens is 538 g/mol. The first-order chi connectivity index (χ1) is 18.2. The minimum Gasteiger partial charge on any atom is -0.494 e. The molecular formula is C25H23ClF2N6O3S. The smallest absolute Gasteiger partial charge is 0.266 e. The van der Waals surface area contributed by atoms with Gasteiger partial charge in [0.05, 0.1) is 30.8 Å². The number of carbonyl (C=O) groups is 1. The van der Waals surface area contributed by atoms with E-state index in [0.29, 0.717) is 56.7 Å². The van der Waals surface area contributed by atoms with Crippen molar-refractivity contribution in [3.8, 4) is 16.9 Å². The molecule has 5 rings (SSSR count). The number of nitrogens with one attached hydrogen (secondary N) is 1. The molecule has 198 valence electrons. The number of fused-ring (bicyclic) bond motifs is 1. The number of carbonyl (C=O) groups excluding carboxylic acids is 1. The second kappa shape index (κ2) is 10.4. The summed E-state index contributed by atoms with van der Waals surface area (Å²) in [6.07, 6.45) is 2.53. The quantitative estimate of drug-likeness (QED) is 0.300. The lowest BCUT2D eigenvalue weighted by atomic mass is 9.78. The van der Waals surface area contributed by atoms with Gasteiger partial charge in [-0.1, -0.05) is 22.9 Å². The van der Waals surface area contributed by atoms with Crippen LogP contribution < -0.4 is 10.1 Å². The van der Waals surface area contributed by atoms with Crippen molar-refractivity contribution in [3.05, 3.63) is 52.8 Å². The second-order valence-electron chi connectivity index (χ2n) is 9.15. The monoisotopic (exact) mass is 560 g/mol. The first-order valence-corrected chi connectivity index (χ1v) is 13.0. The fraction of sp³-hybridized carbons (Fsp3) is 0.360. The van der Waals surface area contributed by atoms with Gasteiger partial charge in [0.15, 0.2) is 15.6 Å². The van der Waals surface area contributed by atoms with Gasteiger partial charge >= 0.3 is 0 Å². The first kappa shape index (κ1) is 26.3.